The second-order valence-corrected chi connectivity index (χ2v) is 8.09. The molecule has 0 saturated carbocycles. The summed E-state index contributed by atoms with van der Waals surface area (Å²) in [5.74, 6) is 0.125. The maximum atomic E-state index is 12.9. The van der Waals surface area contributed by atoms with E-state index in [0.29, 0.717) is 25.6 Å². The summed E-state index contributed by atoms with van der Waals surface area (Å²) in [6.07, 6.45) is 0. The molecule has 0 bridgehead atoms. The number of para-hydroxylation sites is 2. The van der Waals surface area contributed by atoms with Crippen LogP contribution in [0.15, 0.2) is 47.4 Å². The highest BCUT2D eigenvalue weighted by Crippen LogP contribution is 2.30. The normalized spacial score (nSPS) is 15.0. The lowest BCUT2D eigenvalue weighted by Gasteiger charge is -2.26. The Bertz CT molecular complexity index is 969. The summed E-state index contributed by atoms with van der Waals surface area (Å²) in [4.78, 5) is 12.8. The summed E-state index contributed by atoms with van der Waals surface area (Å²) in [5.41, 5.74) is 0.00753. The highest BCUT2D eigenvalue weighted by atomic mass is 32.2. The van der Waals surface area contributed by atoms with Gasteiger partial charge in [0.15, 0.2) is 11.5 Å². The van der Waals surface area contributed by atoms with Gasteiger partial charge in [-0.1, -0.05) is 12.1 Å². The number of carbonyl (C=O) groups excluding carboxylic acids is 1. The molecule has 0 unspecified atom stereocenters. The number of carbonyl (C=O) groups is 1. The molecule has 1 fully saturated rings. The van der Waals surface area contributed by atoms with E-state index in [9.17, 15) is 13.2 Å². The van der Waals surface area contributed by atoms with Crippen LogP contribution in [0.5, 0.6) is 17.2 Å². The molecule has 0 radical (unpaired) electrons. The van der Waals surface area contributed by atoms with Crippen LogP contribution in [0.4, 0.5) is 0 Å². The second kappa shape index (κ2) is 9.25. The average molecular weight is 421 g/mol. The van der Waals surface area contributed by atoms with Crippen molar-refractivity contribution in [2.24, 2.45) is 0 Å². The zero-order chi connectivity index (χ0) is 20.9. The van der Waals surface area contributed by atoms with Crippen LogP contribution < -0.4 is 14.2 Å². The Morgan fingerprint density at radius 2 is 1.76 bits per heavy atom. The molecule has 1 aliphatic heterocycles. The summed E-state index contributed by atoms with van der Waals surface area (Å²) < 4.78 is 48.5. The number of morpholine rings is 1. The van der Waals surface area contributed by atoms with Gasteiger partial charge in [0.2, 0.25) is 10.0 Å². The molecule has 0 N–H and O–H groups in total. The van der Waals surface area contributed by atoms with Crippen LogP contribution in [0.2, 0.25) is 0 Å². The first-order chi connectivity index (χ1) is 14.0. The van der Waals surface area contributed by atoms with E-state index in [4.69, 9.17) is 18.9 Å². The van der Waals surface area contributed by atoms with E-state index in [2.05, 4.69) is 0 Å². The van der Waals surface area contributed by atoms with Gasteiger partial charge in [0.25, 0.3) is 0 Å². The summed E-state index contributed by atoms with van der Waals surface area (Å²) in [6.45, 7) is 3.41. The van der Waals surface area contributed by atoms with Crippen LogP contribution in [0.25, 0.3) is 0 Å². The van der Waals surface area contributed by atoms with Crippen molar-refractivity contribution in [2.75, 3.05) is 40.0 Å². The topological polar surface area (TPSA) is 91.4 Å². The minimum Gasteiger partial charge on any atom is -0.496 e. The molecule has 0 aromatic heterocycles. The fourth-order valence-electron chi connectivity index (χ4n) is 2.91. The standard InChI is InChI=1S/C20H23NO7S/c1-3-27-18-6-4-5-7-19(18)28-20(22)16-14-15(8-9-17(16)25-2)29(23,24)21-10-12-26-13-11-21/h4-9,14H,3,10-13H2,1-2H3. The van der Waals surface area contributed by atoms with Crippen LogP contribution in [-0.2, 0) is 14.8 Å². The molecule has 0 aliphatic carbocycles. The largest absolute Gasteiger partial charge is 0.496 e. The fraction of sp³-hybridized carbons (Fsp3) is 0.350. The molecule has 156 valence electrons. The Kier molecular flexibility index (Phi) is 6.73. The number of sulfonamides is 1. The van der Waals surface area contributed by atoms with Crippen LogP contribution in [0, 0.1) is 0 Å². The predicted octanol–water partition coefficient (Wildman–Crippen LogP) is 2.33. The summed E-state index contributed by atoms with van der Waals surface area (Å²) >= 11 is 0. The van der Waals surface area contributed by atoms with Crippen molar-refractivity contribution in [3.63, 3.8) is 0 Å². The van der Waals surface area contributed by atoms with Crippen molar-refractivity contribution in [3.05, 3.63) is 48.0 Å². The Morgan fingerprint density at radius 1 is 1.07 bits per heavy atom. The zero-order valence-corrected chi connectivity index (χ0v) is 17.1. The first kappa shape index (κ1) is 21.1. The minimum absolute atomic E-state index is 0.00753. The van der Waals surface area contributed by atoms with Crippen LogP contribution in [0.3, 0.4) is 0 Å². The van der Waals surface area contributed by atoms with Crippen molar-refractivity contribution in [1.29, 1.82) is 0 Å². The number of ether oxygens (including phenoxy) is 4. The van der Waals surface area contributed by atoms with Crippen molar-refractivity contribution in [3.8, 4) is 17.2 Å². The van der Waals surface area contributed by atoms with Gasteiger partial charge in [-0.05, 0) is 37.3 Å². The van der Waals surface area contributed by atoms with E-state index in [-0.39, 0.29) is 35.0 Å². The van der Waals surface area contributed by atoms with Gasteiger partial charge in [0, 0.05) is 13.1 Å². The molecule has 29 heavy (non-hydrogen) atoms. The Balaban J connectivity index is 1.92. The van der Waals surface area contributed by atoms with Crippen molar-refractivity contribution in [2.45, 2.75) is 11.8 Å². The molecule has 8 nitrogen and oxygen atoms in total. The number of benzene rings is 2. The molecule has 1 aliphatic rings. The third-order valence-corrected chi connectivity index (χ3v) is 6.24. The molecule has 9 heteroatoms. The quantitative estimate of drug-likeness (QED) is 0.500. The lowest BCUT2D eigenvalue weighted by atomic mass is 10.2. The summed E-state index contributed by atoms with van der Waals surface area (Å²) in [5, 5.41) is 0. The Hall–Kier alpha value is -2.62. The molecule has 1 saturated heterocycles. The summed E-state index contributed by atoms with van der Waals surface area (Å²) in [7, 11) is -2.37. The molecule has 2 aromatic rings. The van der Waals surface area contributed by atoms with Gasteiger partial charge >= 0.3 is 5.97 Å². The average Bonchev–Trinajstić information content (AvgIpc) is 2.75. The minimum atomic E-state index is -3.77. The first-order valence-electron chi connectivity index (χ1n) is 9.17. The summed E-state index contributed by atoms with van der Waals surface area (Å²) in [6, 6.07) is 10.9. The lowest BCUT2D eigenvalue weighted by Crippen LogP contribution is -2.40. The number of methoxy groups -OCH3 is 1. The third kappa shape index (κ3) is 4.69. The highest BCUT2D eigenvalue weighted by molar-refractivity contribution is 7.89. The molecule has 0 amide bonds. The van der Waals surface area contributed by atoms with Crippen molar-refractivity contribution in [1.82, 2.24) is 4.31 Å². The number of hydrogen-bond donors (Lipinski definition) is 0. The monoisotopic (exact) mass is 421 g/mol. The molecule has 2 aromatic carbocycles. The smallest absolute Gasteiger partial charge is 0.347 e. The van der Waals surface area contributed by atoms with Gasteiger partial charge in [-0.3, -0.25) is 0 Å². The third-order valence-electron chi connectivity index (χ3n) is 4.35. The van der Waals surface area contributed by atoms with Gasteiger partial charge in [-0.15, -0.1) is 0 Å². The molecule has 0 atom stereocenters. The van der Waals surface area contributed by atoms with E-state index < -0.39 is 16.0 Å². The molecular weight excluding hydrogens is 398 g/mol. The highest BCUT2D eigenvalue weighted by Gasteiger charge is 2.28. The van der Waals surface area contributed by atoms with Crippen molar-refractivity contribution < 1.29 is 32.2 Å². The first-order valence-corrected chi connectivity index (χ1v) is 10.6. The van der Waals surface area contributed by atoms with Gasteiger partial charge in [0.1, 0.15) is 11.3 Å². The number of esters is 1. The van der Waals surface area contributed by atoms with Crippen LogP contribution >= 0.6 is 0 Å². The van der Waals surface area contributed by atoms with Gasteiger partial charge in [-0.25, -0.2) is 13.2 Å². The number of rotatable bonds is 7. The molecule has 1 heterocycles. The zero-order valence-electron chi connectivity index (χ0n) is 16.3. The van der Waals surface area contributed by atoms with E-state index in [1.165, 1.54) is 29.6 Å². The van der Waals surface area contributed by atoms with Gasteiger partial charge in [0.05, 0.1) is 31.8 Å². The molecule has 0 spiro atoms. The van der Waals surface area contributed by atoms with Crippen LogP contribution in [-0.4, -0.2) is 58.7 Å². The molecular formula is C20H23NO7S. The second-order valence-electron chi connectivity index (χ2n) is 6.15. The van der Waals surface area contributed by atoms with E-state index in [1.807, 2.05) is 6.92 Å². The lowest BCUT2D eigenvalue weighted by molar-refractivity contribution is 0.0721. The number of nitrogens with zero attached hydrogens (tertiary/aromatic N) is 1. The van der Waals surface area contributed by atoms with E-state index in [1.54, 1.807) is 24.3 Å². The predicted molar refractivity (Wildman–Crippen MR) is 105 cm³/mol. The van der Waals surface area contributed by atoms with Crippen LogP contribution in [0.1, 0.15) is 17.3 Å². The maximum absolute atomic E-state index is 12.9. The fourth-order valence-corrected chi connectivity index (χ4v) is 4.34. The number of hydrogen-bond acceptors (Lipinski definition) is 7. The van der Waals surface area contributed by atoms with E-state index >= 15 is 0 Å². The van der Waals surface area contributed by atoms with Crippen molar-refractivity contribution >= 4 is 16.0 Å². The SMILES string of the molecule is CCOc1ccccc1OC(=O)c1cc(S(=O)(=O)N2CCOCC2)ccc1OC. The molecule has 3 rings (SSSR count). The Labute approximate surface area is 170 Å². The maximum Gasteiger partial charge on any atom is 0.347 e. The van der Waals surface area contributed by atoms with Gasteiger partial charge < -0.3 is 18.9 Å². The Morgan fingerprint density at radius 3 is 2.41 bits per heavy atom. The van der Waals surface area contributed by atoms with Gasteiger partial charge in [-0.2, -0.15) is 4.31 Å². The van der Waals surface area contributed by atoms with E-state index in [0.717, 1.165) is 0 Å².